The van der Waals surface area contributed by atoms with Gasteiger partial charge in [0, 0.05) is 32.6 Å². The fourth-order valence-electron chi connectivity index (χ4n) is 1.97. The summed E-state index contributed by atoms with van der Waals surface area (Å²) in [6.45, 7) is 4.01. The summed E-state index contributed by atoms with van der Waals surface area (Å²) in [5.74, 6) is -0.510. The van der Waals surface area contributed by atoms with E-state index in [2.05, 4.69) is 5.32 Å². The summed E-state index contributed by atoms with van der Waals surface area (Å²) in [7, 11) is 0. The van der Waals surface area contributed by atoms with Crippen molar-refractivity contribution in [2.24, 2.45) is 11.8 Å². The van der Waals surface area contributed by atoms with Crippen LogP contribution in [0.1, 0.15) is 32.6 Å². The molecule has 1 aliphatic rings. The molecule has 1 rings (SSSR count). The summed E-state index contributed by atoms with van der Waals surface area (Å²) in [6, 6.07) is 0. The van der Waals surface area contributed by atoms with Crippen molar-refractivity contribution >= 4 is 11.9 Å². The van der Waals surface area contributed by atoms with Gasteiger partial charge >= 0.3 is 5.97 Å². The molecule has 1 aliphatic heterocycles. The van der Waals surface area contributed by atoms with Crippen molar-refractivity contribution in [1.82, 2.24) is 5.32 Å². The highest BCUT2D eigenvalue weighted by atomic mass is 16.5. The molecule has 5 nitrogen and oxygen atoms in total. The molecule has 0 aromatic heterocycles. The maximum atomic E-state index is 11.5. The number of carboxylic acid groups (broad SMARTS) is 1. The number of nitrogens with one attached hydrogen (secondary N) is 1. The SMILES string of the molecule is CC(CC(=O)O)CC(=O)NCC1CCOCC1. The van der Waals surface area contributed by atoms with Crippen molar-refractivity contribution in [2.45, 2.75) is 32.6 Å². The number of carboxylic acids is 1. The molecular weight excluding hydrogens is 222 g/mol. The van der Waals surface area contributed by atoms with Crippen molar-refractivity contribution in [1.29, 1.82) is 0 Å². The lowest BCUT2D eigenvalue weighted by Gasteiger charge is -2.22. The molecular formula is C12H21NO4. The Morgan fingerprint density at radius 2 is 2.00 bits per heavy atom. The molecule has 0 aromatic rings. The van der Waals surface area contributed by atoms with Crippen LogP contribution in [0.4, 0.5) is 0 Å². The molecule has 1 atom stereocenters. The van der Waals surface area contributed by atoms with Gasteiger partial charge in [0.2, 0.25) is 5.91 Å². The van der Waals surface area contributed by atoms with Gasteiger partial charge in [-0.15, -0.1) is 0 Å². The minimum atomic E-state index is -0.852. The predicted molar refractivity (Wildman–Crippen MR) is 62.6 cm³/mol. The molecule has 0 radical (unpaired) electrons. The van der Waals surface area contributed by atoms with Crippen LogP contribution in [0.2, 0.25) is 0 Å². The highest BCUT2D eigenvalue weighted by Crippen LogP contribution is 2.13. The van der Waals surface area contributed by atoms with Crippen molar-refractivity contribution in [3.05, 3.63) is 0 Å². The zero-order chi connectivity index (χ0) is 12.7. The van der Waals surface area contributed by atoms with E-state index in [4.69, 9.17) is 9.84 Å². The third kappa shape index (κ3) is 6.26. The lowest BCUT2D eigenvalue weighted by atomic mass is 9.99. The largest absolute Gasteiger partial charge is 0.481 e. The zero-order valence-electron chi connectivity index (χ0n) is 10.3. The molecule has 0 saturated carbocycles. The summed E-state index contributed by atoms with van der Waals surface area (Å²) in [5, 5.41) is 11.5. The van der Waals surface area contributed by atoms with E-state index in [1.165, 1.54) is 0 Å². The predicted octanol–water partition coefficient (Wildman–Crippen LogP) is 1.03. The molecule has 2 N–H and O–H groups in total. The number of hydrogen-bond donors (Lipinski definition) is 2. The Morgan fingerprint density at radius 3 is 2.59 bits per heavy atom. The number of rotatable bonds is 6. The lowest BCUT2D eigenvalue weighted by molar-refractivity contribution is -0.138. The van der Waals surface area contributed by atoms with Gasteiger partial charge in [0.05, 0.1) is 0 Å². The highest BCUT2D eigenvalue weighted by Gasteiger charge is 2.16. The maximum Gasteiger partial charge on any atom is 0.303 e. The second-order valence-corrected chi connectivity index (χ2v) is 4.77. The first kappa shape index (κ1) is 14.0. The second-order valence-electron chi connectivity index (χ2n) is 4.77. The molecule has 98 valence electrons. The van der Waals surface area contributed by atoms with E-state index < -0.39 is 5.97 Å². The molecule has 17 heavy (non-hydrogen) atoms. The Kier molecular flexibility index (Phi) is 5.97. The normalized spacial score (nSPS) is 18.6. The summed E-state index contributed by atoms with van der Waals surface area (Å²) >= 11 is 0. The van der Waals surface area contributed by atoms with E-state index in [1.807, 2.05) is 0 Å². The van der Waals surface area contributed by atoms with Crippen molar-refractivity contribution in [3.63, 3.8) is 0 Å². The smallest absolute Gasteiger partial charge is 0.303 e. The van der Waals surface area contributed by atoms with E-state index in [0.717, 1.165) is 26.1 Å². The minimum Gasteiger partial charge on any atom is -0.481 e. The van der Waals surface area contributed by atoms with Crippen LogP contribution in [-0.4, -0.2) is 36.7 Å². The minimum absolute atomic E-state index is 0.0463. The van der Waals surface area contributed by atoms with Gasteiger partial charge in [-0.3, -0.25) is 9.59 Å². The van der Waals surface area contributed by atoms with Crippen molar-refractivity contribution in [3.8, 4) is 0 Å². The molecule has 1 amide bonds. The molecule has 0 spiro atoms. The van der Waals surface area contributed by atoms with Gasteiger partial charge in [0.15, 0.2) is 0 Å². The number of carbonyl (C=O) groups is 2. The van der Waals surface area contributed by atoms with Crippen LogP contribution < -0.4 is 5.32 Å². The van der Waals surface area contributed by atoms with Gasteiger partial charge in [0.1, 0.15) is 0 Å². The van der Waals surface area contributed by atoms with Crippen molar-refractivity contribution in [2.75, 3.05) is 19.8 Å². The Labute approximate surface area is 102 Å². The monoisotopic (exact) mass is 243 g/mol. The van der Waals surface area contributed by atoms with Crippen LogP contribution in [0.15, 0.2) is 0 Å². The molecule has 0 aliphatic carbocycles. The van der Waals surface area contributed by atoms with E-state index in [9.17, 15) is 9.59 Å². The summed E-state index contributed by atoms with van der Waals surface area (Å²) in [5.41, 5.74) is 0. The molecule has 1 heterocycles. The number of amides is 1. The second kappa shape index (κ2) is 7.27. The molecule has 1 unspecified atom stereocenters. The van der Waals surface area contributed by atoms with Gasteiger partial charge in [-0.2, -0.15) is 0 Å². The summed E-state index contributed by atoms with van der Waals surface area (Å²) in [4.78, 5) is 22.0. The van der Waals surface area contributed by atoms with Crippen LogP contribution in [-0.2, 0) is 14.3 Å². The third-order valence-electron chi connectivity index (χ3n) is 2.99. The first-order valence-electron chi connectivity index (χ1n) is 6.14. The van der Waals surface area contributed by atoms with Gasteiger partial charge in [-0.25, -0.2) is 0 Å². The molecule has 0 bridgehead atoms. The molecule has 0 aromatic carbocycles. The van der Waals surface area contributed by atoms with Crippen LogP contribution in [0.5, 0.6) is 0 Å². The van der Waals surface area contributed by atoms with Gasteiger partial charge in [-0.05, 0) is 24.7 Å². The first-order chi connectivity index (χ1) is 8.08. The van der Waals surface area contributed by atoms with E-state index in [0.29, 0.717) is 12.5 Å². The van der Waals surface area contributed by atoms with Gasteiger partial charge < -0.3 is 15.2 Å². The number of aliphatic carboxylic acids is 1. The fourth-order valence-corrected chi connectivity index (χ4v) is 1.97. The topological polar surface area (TPSA) is 75.6 Å². The number of ether oxygens (including phenoxy) is 1. The van der Waals surface area contributed by atoms with Crippen LogP contribution >= 0.6 is 0 Å². The Hall–Kier alpha value is -1.10. The van der Waals surface area contributed by atoms with E-state index in [1.54, 1.807) is 6.92 Å². The standard InChI is InChI=1S/C12H21NO4/c1-9(7-12(15)16)6-11(14)13-8-10-2-4-17-5-3-10/h9-10H,2-8H2,1H3,(H,13,14)(H,15,16). The summed E-state index contributed by atoms with van der Waals surface area (Å²) in [6.07, 6.45) is 2.32. The third-order valence-corrected chi connectivity index (χ3v) is 2.99. The average Bonchev–Trinajstić information content (AvgIpc) is 2.26. The maximum absolute atomic E-state index is 11.5. The summed E-state index contributed by atoms with van der Waals surface area (Å²) < 4.78 is 5.24. The van der Waals surface area contributed by atoms with Crippen LogP contribution in [0.25, 0.3) is 0 Å². The number of hydrogen-bond acceptors (Lipinski definition) is 3. The van der Waals surface area contributed by atoms with Gasteiger partial charge in [-0.1, -0.05) is 6.92 Å². The molecule has 1 fully saturated rings. The van der Waals surface area contributed by atoms with Crippen LogP contribution in [0, 0.1) is 11.8 Å². The Morgan fingerprint density at radius 1 is 1.35 bits per heavy atom. The zero-order valence-corrected chi connectivity index (χ0v) is 10.3. The van der Waals surface area contributed by atoms with Crippen molar-refractivity contribution < 1.29 is 19.4 Å². The lowest BCUT2D eigenvalue weighted by Crippen LogP contribution is -2.33. The number of carbonyl (C=O) groups excluding carboxylic acids is 1. The van der Waals surface area contributed by atoms with E-state index in [-0.39, 0.29) is 24.7 Å². The average molecular weight is 243 g/mol. The Balaban J connectivity index is 2.13. The highest BCUT2D eigenvalue weighted by molar-refractivity contribution is 5.77. The van der Waals surface area contributed by atoms with Crippen LogP contribution in [0.3, 0.4) is 0 Å². The van der Waals surface area contributed by atoms with Gasteiger partial charge in [0.25, 0.3) is 0 Å². The first-order valence-corrected chi connectivity index (χ1v) is 6.14. The molecule has 5 heteroatoms. The van der Waals surface area contributed by atoms with E-state index >= 15 is 0 Å². The Bertz CT molecular complexity index is 261. The quantitative estimate of drug-likeness (QED) is 0.730. The fraction of sp³-hybridized carbons (Fsp3) is 0.833. The molecule has 1 saturated heterocycles.